The first-order valence-corrected chi connectivity index (χ1v) is 6.19. The molecule has 0 radical (unpaired) electrons. The maximum atomic E-state index is 11.4. The average molecular weight is 216 g/mol. The molecule has 2 amide bonds. The summed E-state index contributed by atoms with van der Waals surface area (Å²) >= 11 is 1.46. The molecule has 0 saturated carbocycles. The standard InChI is InChI=1S/C9H16N2O2S/c1-14-6-8(12)11-7-4-2-3-5-10-9(7)13/h7H,2-6H2,1H3,(H,10,13)(H,11,12). The Bertz CT molecular complexity index is 221. The third kappa shape index (κ3) is 3.57. The summed E-state index contributed by atoms with van der Waals surface area (Å²) in [5, 5.41) is 5.52. The first-order chi connectivity index (χ1) is 6.74. The van der Waals surface area contributed by atoms with Crippen LogP contribution in [-0.2, 0) is 9.59 Å². The van der Waals surface area contributed by atoms with Crippen molar-refractivity contribution >= 4 is 23.6 Å². The maximum absolute atomic E-state index is 11.4. The van der Waals surface area contributed by atoms with Gasteiger partial charge in [0.05, 0.1) is 5.75 Å². The van der Waals surface area contributed by atoms with Crippen molar-refractivity contribution in [3.8, 4) is 0 Å². The molecule has 14 heavy (non-hydrogen) atoms. The molecule has 1 heterocycles. The molecule has 1 unspecified atom stereocenters. The van der Waals surface area contributed by atoms with Crippen LogP contribution in [0.2, 0.25) is 0 Å². The van der Waals surface area contributed by atoms with Crippen molar-refractivity contribution in [2.24, 2.45) is 0 Å². The topological polar surface area (TPSA) is 58.2 Å². The van der Waals surface area contributed by atoms with Crippen LogP contribution in [0, 0.1) is 0 Å². The zero-order valence-electron chi connectivity index (χ0n) is 8.34. The lowest BCUT2D eigenvalue weighted by atomic mass is 10.1. The molecule has 0 aromatic rings. The van der Waals surface area contributed by atoms with Gasteiger partial charge >= 0.3 is 0 Å². The third-order valence-corrected chi connectivity index (χ3v) is 2.70. The Labute approximate surface area is 88.2 Å². The molecule has 0 spiro atoms. The fourth-order valence-corrected chi connectivity index (χ4v) is 1.79. The maximum Gasteiger partial charge on any atom is 0.242 e. The van der Waals surface area contributed by atoms with Crippen LogP contribution in [0.15, 0.2) is 0 Å². The van der Waals surface area contributed by atoms with Crippen molar-refractivity contribution in [1.82, 2.24) is 10.6 Å². The van der Waals surface area contributed by atoms with Crippen LogP contribution in [0.4, 0.5) is 0 Å². The quantitative estimate of drug-likeness (QED) is 0.705. The summed E-state index contributed by atoms with van der Waals surface area (Å²) in [5.74, 6) is 0.320. The second-order valence-corrected chi connectivity index (χ2v) is 4.21. The first-order valence-electron chi connectivity index (χ1n) is 4.80. The van der Waals surface area contributed by atoms with Crippen molar-refractivity contribution in [3.05, 3.63) is 0 Å². The van der Waals surface area contributed by atoms with Crippen LogP contribution in [-0.4, -0.2) is 36.4 Å². The van der Waals surface area contributed by atoms with Crippen LogP contribution in [0.1, 0.15) is 19.3 Å². The molecule has 5 heteroatoms. The smallest absolute Gasteiger partial charge is 0.242 e. The SMILES string of the molecule is CSCC(=O)NC1CCCCNC1=O. The molecular weight excluding hydrogens is 200 g/mol. The van der Waals surface area contributed by atoms with E-state index < -0.39 is 0 Å². The summed E-state index contributed by atoms with van der Waals surface area (Å²) in [6.45, 7) is 0.730. The average Bonchev–Trinajstić information content (AvgIpc) is 2.33. The van der Waals surface area contributed by atoms with Gasteiger partial charge in [-0.05, 0) is 25.5 Å². The minimum atomic E-state index is -0.322. The van der Waals surface area contributed by atoms with Gasteiger partial charge in [-0.25, -0.2) is 0 Å². The number of nitrogens with one attached hydrogen (secondary N) is 2. The Morgan fingerprint density at radius 3 is 3.14 bits per heavy atom. The lowest BCUT2D eigenvalue weighted by molar-refractivity contribution is -0.127. The van der Waals surface area contributed by atoms with Gasteiger partial charge in [-0.2, -0.15) is 11.8 Å². The highest BCUT2D eigenvalue weighted by Crippen LogP contribution is 2.05. The number of thioether (sulfide) groups is 1. The summed E-state index contributed by atoms with van der Waals surface area (Å²) in [7, 11) is 0. The molecular formula is C9H16N2O2S. The lowest BCUT2D eigenvalue weighted by Crippen LogP contribution is -2.46. The van der Waals surface area contributed by atoms with Crippen LogP contribution in [0.25, 0.3) is 0 Å². The molecule has 4 nitrogen and oxygen atoms in total. The molecule has 0 aromatic heterocycles. The second-order valence-electron chi connectivity index (χ2n) is 3.34. The van der Waals surface area contributed by atoms with Gasteiger partial charge in [-0.3, -0.25) is 9.59 Å². The highest BCUT2D eigenvalue weighted by Gasteiger charge is 2.21. The van der Waals surface area contributed by atoms with Crippen molar-refractivity contribution in [3.63, 3.8) is 0 Å². The van der Waals surface area contributed by atoms with Crippen molar-refractivity contribution in [1.29, 1.82) is 0 Å². The Kier molecular flexibility index (Phi) is 4.79. The normalized spacial score (nSPS) is 22.4. The van der Waals surface area contributed by atoms with Gasteiger partial charge in [0.25, 0.3) is 0 Å². The number of carbonyl (C=O) groups excluding carboxylic acids is 2. The molecule has 1 saturated heterocycles. The van der Waals surface area contributed by atoms with E-state index in [1.165, 1.54) is 11.8 Å². The molecule has 1 fully saturated rings. The molecule has 0 bridgehead atoms. The molecule has 1 atom stereocenters. The largest absolute Gasteiger partial charge is 0.354 e. The number of hydrogen-bond acceptors (Lipinski definition) is 3. The van der Waals surface area contributed by atoms with Gasteiger partial charge in [-0.15, -0.1) is 0 Å². The molecule has 2 N–H and O–H groups in total. The summed E-state index contributed by atoms with van der Waals surface area (Å²) in [4.78, 5) is 22.7. The minimum Gasteiger partial charge on any atom is -0.354 e. The number of carbonyl (C=O) groups is 2. The van der Waals surface area contributed by atoms with Gasteiger partial charge in [0.2, 0.25) is 11.8 Å². The summed E-state index contributed by atoms with van der Waals surface area (Å²) < 4.78 is 0. The molecule has 1 aliphatic heterocycles. The fraction of sp³-hybridized carbons (Fsp3) is 0.778. The van der Waals surface area contributed by atoms with E-state index in [4.69, 9.17) is 0 Å². The van der Waals surface area contributed by atoms with Gasteiger partial charge < -0.3 is 10.6 Å². The van der Waals surface area contributed by atoms with E-state index in [-0.39, 0.29) is 17.9 Å². The van der Waals surface area contributed by atoms with E-state index in [9.17, 15) is 9.59 Å². The number of hydrogen-bond donors (Lipinski definition) is 2. The molecule has 1 rings (SSSR count). The van der Waals surface area contributed by atoms with E-state index in [0.29, 0.717) is 5.75 Å². The highest BCUT2D eigenvalue weighted by molar-refractivity contribution is 7.99. The second kappa shape index (κ2) is 5.90. The zero-order chi connectivity index (χ0) is 10.4. The van der Waals surface area contributed by atoms with Crippen LogP contribution < -0.4 is 10.6 Å². The van der Waals surface area contributed by atoms with Crippen molar-refractivity contribution in [2.75, 3.05) is 18.6 Å². The third-order valence-electron chi connectivity index (χ3n) is 2.15. The monoisotopic (exact) mass is 216 g/mol. The van der Waals surface area contributed by atoms with Gasteiger partial charge in [0, 0.05) is 6.54 Å². The zero-order valence-corrected chi connectivity index (χ0v) is 9.15. The predicted octanol–water partition coefficient (Wildman–Crippen LogP) is 0.134. The lowest BCUT2D eigenvalue weighted by Gasteiger charge is -2.14. The summed E-state index contributed by atoms with van der Waals surface area (Å²) in [6, 6.07) is -0.322. The Morgan fingerprint density at radius 1 is 1.64 bits per heavy atom. The van der Waals surface area contributed by atoms with Gasteiger partial charge in [0.15, 0.2) is 0 Å². The van der Waals surface area contributed by atoms with Crippen LogP contribution in [0.3, 0.4) is 0 Å². The van der Waals surface area contributed by atoms with E-state index in [1.807, 2.05) is 6.26 Å². The molecule has 0 aliphatic carbocycles. The predicted molar refractivity (Wildman–Crippen MR) is 57.2 cm³/mol. The molecule has 1 aliphatic rings. The van der Waals surface area contributed by atoms with Gasteiger partial charge in [0.1, 0.15) is 6.04 Å². The fourth-order valence-electron chi connectivity index (χ4n) is 1.44. The van der Waals surface area contributed by atoms with E-state index in [0.717, 1.165) is 25.8 Å². The highest BCUT2D eigenvalue weighted by atomic mass is 32.2. The van der Waals surface area contributed by atoms with Crippen LogP contribution in [0.5, 0.6) is 0 Å². The Hall–Kier alpha value is -0.710. The summed E-state index contributed by atoms with van der Waals surface area (Å²) in [5.41, 5.74) is 0. The van der Waals surface area contributed by atoms with E-state index >= 15 is 0 Å². The Morgan fingerprint density at radius 2 is 2.43 bits per heavy atom. The number of rotatable bonds is 3. The van der Waals surface area contributed by atoms with Crippen molar-refractivity contribution in [2.45, 2.75) is 25.3 Å². The van der Waals surface area contributed by atoms with E-state index in [2.05, 4.69) is 10.6 Å². The molecule has 0 aromatic carbocycles. The Balaban J connectivity index is 2.40. The molecule has 80 valence electrons. The van der Waals surface area contributed by atoms with E-state index in [1.54, 1.807) is 0 Å². The number of amides is 2. The summed E-state index contributed by atoms with van der Waals surface area (Å²) in [6.07, 6.45) is 4.61. The van der Waals surface area contributed by atoms with Crippen LogP contribution >= 0.6 is 11.8 Å². The van der Waals surface area contributed by atoms with Crippen molar-refractivity contribution < 1.29 is 9.59 Å². The first kappa shape index (κ1) is 11.4. The minimum absolute atomic E-state index is 0.0445. The van der Waals surface area contributed by atoms with Gasteiger partial charge in [-0.1, -0.05) is 0 Å².